The molecule has 1 heterocycles. The molecule has 0 aliphatic heterocycles. The zero-order chi connectivity index (χ0) is 28.0. The molecule has 0 radical (unpaired) electrons. The number of carbonyl (C=O) groups excluding carboxylic acids is 1. The minimum Gasteiger partial charge on any atom is -0.437 e. The number of ether oxygens (including phenoxy) is 1. The van der Waals surface area contributed by atoms with E-state index in [1.165, 1.54) is 37.3 Å². The Labute approximate surface area is 217 Å². The summed E-state index contributed by atoms with van der Waals surface area (Å²) in [6.07, 6.45) is -1.29. The molecule has 0 bridgehead atoms. The van der Waals surface area contributed by atoms with Crippen molar-refractivity contribution in [3.63, 3.8) is 0 Å². The number of aromatic nitrogens is 2. The molecule has 0 saturated heterocycles. The van der Waals surface area contributed by atoms with Gasteiger partial charge in [0.25, 0.3) is 11.8 Å². The lowest BCUT2D eigenvalue weighted by Gasteiger charge is -2.39. The van der Waals surface area contributed by atoms with E-state index in [0.29, 0.717) is 5.56 Å². The molecule has 1 amide bonds. The van der Waals surface area contributed by atoms with E-state index in [4.69, 9.17) is 4.74 Å². The van der Waals surface area contributed by atoms with Crippen LogP contribution in [0.15, 0.2) is 41.3 Å². The Bertz CT molecular complexity index is 1530. The summed E-state index contributed by atoms with van der Waals surface area (Å²) >= 11 is 0. The van der Waals surface area contributed by atoms with Crippen molar-refractivity contribution in [1.29, 1.82) is 0 Å². The minimum absolute atomic E-state index is 0.0222. The summed E-state index contributed by atoms with van der Waals surface area (Å²) in [5, 5.41) is 9.13. The maximum absolute atomic E-state index is 15.3. The van der Waals surface area contributed by atoms with Gasteiger partial charge < -0.3 is 10.1 Å². The van der Waals surface area contributed by atoms with E-state index < -0.39 is 50.4 Å². The average molecular weight is 552 g/mol. The van der Waals surface area contributed by atoms with Crippen LogP contribution < -0.4 is 10.1 Å². The summed E-state index contributed by atoms with van der Waals surface area (Å²) in [7, 11) is -3.61. The van der Waals surface area contributed by atoms with Crippen LogP contribution in [0, 0.1) is 19.7 Å². The fourth-order valence-corrected chi connectivity index (χ4v) is 5.10. The molecular formula is C26H25F4N3O4S. The molecule has 12 heteroatoms. The number of nitrogens with zero attached hydrogens (tertiary/aromatic N) is 2. The zero-order valence-electron chi connectivity index (χ0n) is 21.0. The molecule has 1 aromatic heterocycles. The minimum atomic E-state index is -4.91. The molecule has 38 heavy (non-hydrogen) atoms. The Balaban J connectivity index is 1.76. The predicted molar refractivity (Wildman–Crippen MR) is 132 cm³/mol. The average Bonchev–Trinajstić information content (AvgIpc) is 2.79. The van der Waals surface area contributed by atoms with Crippen LogP contribution in [0.1, 0.15) is 58.9 Å². The molecular weight excluding hydrogens is 526 g/mol. The summed E-state index contributed by atoms with van der Waals surface area (Å²) in [6.45, 7) is 4.47. The number of anilines is 1. The number of sulfone groups is 1. The van der Waals surface area contributed by atoms with Crippen molar-refractivity contribution >= 4 is 21.4 Å². The van der Waals surface area contributed by atoms with E-state index in [1.54, 1.807) is 6.07 Å². The summed E-state index contributed by atoms with van der Waals surface area (Å²) in [4.78, 5) is 13.1. The molecule has 0 atom stereocenters. The standard InChI is InChI=1S/C26H25F4N3O4S/c1-14-19(10-9-18(21(14)27)25(3)11-6-12-25)37-24-20(15(2)22(32-33-24)26(28,29)30)23(34)31-16-7-5-8-17(13-16)38(4,35)36/h5,7-10,13H,6,11-12H2,1-4H3,(H,31,34). The maximum Gasteiger partial charge on any atom is 0.435 e. The van der Waals surface area contributed by atoms with Gasteiger partial charge in [0.1, 0.15) is 17.1 Å². The number of alkyl halides is 3. The Morgan fingerprint density at radius 3 is 2.34 bits per heavy atom. The first-order chi connectivity index (χ1) is 17.6. The van der Waals surface area contributed by atoms with Gasteiger partial charge in [-0.15, -0.1) is 10.2 Å². The van der Waals surface area contributed by atoms with Crippen LogP contribution in [0.5, 0.6) is 11.6 Å². The number of rotatable bonds is 6. The molecule has 202 valence electrons. The fraction of sp³-hybridized carbons (Fsp3) is 0.346. The molecule has 0 spiro atoms. The van der Waals surface area contributed by atoms with Gasteiger partial charge in [-0.05, 0) is 67.5 Å². The number of amides is 1. The van der Waals surface area contributed by atoms with Gasteiger partial charge in [-0.25, -0.2) is 12.8 Å². The summed E-state index contributed by atoms with van der Waals surface area (Å²) < 4.78 is 85.4. The lowest BCUT2D eigenvalue weighted by atomic mass is 9.65. The third-order valence-electron chi connectivity index (χ3n) is 6.85. The SMILES string of the molecule is Cc1c(Oc2nnc(C(F)(F)F)c(C)c2C(=O)Nc2cccc(S(C)(=O)=O)c2)ccc(C2(C)CCC2)c1F. The van der Waals surface area contributed by atoms with Crippen molar-refractivity contribution < 1.29 is 35.5 Å². The van der Waals surface area contributed by atoms with Crippen LogP contribution in [-0.4, -0.2) is 30.8 Å². The maximum atomic E-state index is 15.3. The van der Waals surface area contributed by atoms with Gasteiger partial charge in [0.2, 0.25) is 0 Å². The van der Waals surface area contributed by atoms with Gasteiger partial charge in [-0.3, -0.25) is 4.79 Å². The Morgan fingerprint density at radius 2 is 1.76 bits per heavy atom. The summed E-state index contributed by atoms with van der Waals surface area (Å²) in [5.41, 5.74) is -2.17. The largest absolute Gasteiger partial charge is 0.437 e. The van der Waals surface area contributed by atoms with E-state index in [2.05, 4.69) is 15.5 Å². The van der Waals surface area contributed by atoms with Crippen LogP contribution in [0.2, 0.25) is 0 Å². The van der Waals surface area contributed by atoms with E-state index in [9.17, 15) is 26.4 Å². The second-order valence-corrected chi connectivity index (χ2v) is 11.7. The van der Waals surface area contributed by atoms with Crippen LogP contribution in [-0.2, 0) is 21.4 Å². The summed E-state index contributed by atoms with van der Waals surface area (Å²) in [6, 6.07) is 8.29. The number of benzene rings is 2. The number of hydrogen-bond acceptors (Lipinski definition) is 6. The van der Waals surface area contributed by atoms with Crippen LogP contribution in [0.25, 0.3) is 0 Å². The number of carbonyl (C=O) groups is 1. The first kappa shape index (κ1) is 27.5. The topological polar surface area (TPSA) is 98.2 Å². The van der Waals surface area contributed by atoms with Gasteiger partial charge in [-0.2, -0.15) is 13.2 Å². The highest BCUT2D eigenvalue weighted by Gasteiger charge is 2.39. The van der Waals surface area contributed by atoms with Crippen molar-refractivity contribution in [2.24, 2.45) is 0 Å². The predicted octanol–water partition coefficient (Wildman–Crippen LogP) is 6.14. The second-order valence-electron chi connectivity index (χ2n) is 9.67. The van der Waals surface area contributed by atoms with Crippen molar-refractivity contribution in [3.8, 4) is 11.6 Å². The lowest BCUT2D eigenvalue weighted by Crippen LogP contribution is -2.31. The molecule has 1 aliphatic carbocycles. The third-order valence-corrected chi connectivity index (χ3v) is 7.96. The van der Waals surface area contributed by atoms with Gasteiger partial charge in [0, 0.05) is 17.5 Å². The third kappa shape index (κ3) is 5.22. The van der Waals surface area contributed by atoms with Crippen molar-refractivity contribution in [2.45, 2.75) is 56.5 Å². The highest BCUT2D eigenvalue weighted by molar-refractivity contribution is 7.90. The quantitative estimate of drug-likeness (QED) is 0.370. The van der Waals surface area contributed by atoms with E-state index >= 15 is 4.39 Å². The van der Waals surface area contributed by atoms with Crippen molar-refractivity contribution in [1.82, 2.24) is 10.2 Å². The van der Waals surface area contributed by atoms with E-state index in [1.807, 2.05) is 6.92 Å². The van der Waals surface area contributed by atoms with Gasteiger partial charge >= 0.3 is 6.18 Å². The van der Waals surface area contributed by atoms with Crippen LogP contribution >= 0.6 is 0 Å². The van der Waals surface area contributed by atoms with Gasteiger partial charge in [-0.1, -0.05) is 25.5 Å². The van der Waals surface area contributed by atoms with Crippen LogP contribution in [0.3, 0.4) is 0 Å². The molecule has 3 aromatic rings. The van der Waals surface area contributed by atoms with Gasteiger partial charge in [0.15, 0.2) is 15.5 Å². The number of nitrogens with one attached hydrogen (secondary N) is 1. The Kier molecular flexibility index (Phi) is 6.98. The normalized spacial score (nSPS) is 15.1. The second kappa shape index (κ2) is 9.64. The molecule has 1 fully saturated rings. The van der Waals surface area contributed by atoms with Gasteiger partial charge in [0.05, 0.1) is 4.90 Å². The Hall–Kier alpha value is -3.54. The molecule has 2 aromatic carbocycles. The van der Waals surface area contributed by atoms with E-state index in [-0.39, 0.29) is 27.3 Å². The van der Waals surface area contributed by atoms with Crippen molar-refractivity contribution in [3.05, 3.63) is 70.2 Å². The number of hydrogen-bond donors (Lipinski definition) is 1. The smallest absolute Gasteiger partial charge is 0.435 e. The lowest BCUT2D eigenvalue weighted by molar-refractivity contribution is -0.142. The molecule has 1 N–H and O–H groups in total. The monoisotopic (exact) mass is 551 g/mol. The molecule has 1 aliphatic rings. The van der Waals surface area contributed by atoms with Crippen LogP contribution in [0.4, 0.5) is 23.2 Å². The zero-order valence-corrected chi connectivity index (χ0v) is 21.8. The van der Waals surface area contributed by atoms with E-state index in [0.717, 1.165) is 32.4 Å². The molecule has 0 unspecified atom stereocenters. The first-order valence-corrected chi connectivity index (χ1v) is 13.5. The first-order valence-electron chi connectivity index (χ1n) is 11.7. The number of halogens is 4. The highest BCUT2D eigenvalue weighted by Crippen LogP contribution is 2.46. The van der Waals surface area contributed by atoms with Crippen molar-refractivity contribution in [2.75, 3.05) is 11.6 Å². The summed E-state index contributed by atoms with van der Waals surface area (Å²) in [5.74, 6) is -2.13. The molecule has 1 saturated carbocycles. The molecule has 7 nitrogen and oxygen atoms in total. The highest BCUT2D eigenvalue weighted by atomic mass is 32.2. The molecule has 4 rings (SSSR count). The Morgan fingerprint density at radius 1 is 1.08 bits per heavy atom. The fourth-order valence-electron chi connectivity index (χ4n) is 4.43.